The Labute approximate surface area is 198 Å². The summed E-state index contributed by atoms with van der Waals surface area (Å²) in [5.74, 6) is -1.19. The van der Waals surface area contributed by atoms with Crippen molar-refractivity contribution in [1.82, 2.24) is 10.6 Å². The van der Waals surface area contributed by atoms with E-state index in [0.717, 1.165) is 10.8 Å². The number of amides is 2. The SMILES string of the molecule is CC1(C)O[C@@H]2[C@@H](CNC(=O)c3cccc4ccccc34)OC[C@]2(CNC(=O)c2ccccc2)O1. The number of carbonyl (C=O) groups excluding carboxylic acids is 2. The lowest BCUT2D eigenvalue weighted by atomic mass is 9.96. The van der Waals surface area contributed by atoms with E-state index in [4.69, 9.17) is 14.2 Å². The highest BCUT2D eigenvalue weighted by molar-refractivity contribution is 6.07. The summed E-state index contributed by atoms with van der Waals surface area (Å²) in [7, 11) is 0. The van der Waals surface area contributed by atoms with E-state index in [0.29, 0.717) is 11.1 Å². The zero-order valence-electron chi connectivity index (χ0n) is 19.2. The van der Waals surface area contributed by atoms with Crippen molar-refractivity contribution in [2.24, 2.45) is 0 Å². The molecule has 2 saturated heterocycles. The third-order valence-corrected chi connectivity index (χ3v) is 6.34. The molecule has 2 N–H and O–H groups in total. The molecule has 7 heteroatoms. The van der Waals surface area contributed by atoms with E-state index in [1.54, 1.807) is 12.1 Å². The van der Waals surface area contributed by atoms with E-state index in [-0.39, 0.29) is 31.5 Å². The molecule has 3 aromatic rings. The summed E-state index contributed by atoms with van der Waals surface area (Å²) in [6.07, 6.45) is -0.847. The summed E-state index contributed by atoms with van der Waals surface area (Å²) in [5.41, 5.74) is 0.357. The number of fused-ring (bicyclic) bond motifs is 2. The summed E-state index contributed by atoms with van der Waals surface area (Å²) in [4.78, 5) is 25.6. The van der Waals surface area contributed by atoms with Crippen LogP contribution in [0.1, 0.15) is 34.6 Å². The second kappa shape index (κ2) is 8.83. The van der Waals surface area contributed by atoms with Gasteiger partial charge in [-0.1, -0.05) is 54.6 Å². The van der Waals surface area contributed by atoms with Crippen LogP contribution in [0.5, 0.6) is 0 Å². The first-order valence-electron chi connectivity index (χ1n) is 11.5. The molecular formula is C27H28N2O5. The van der Waals surface area contributed by atoms with Gasteiger partial charge < -0.3 is 24.8 Å². The van der Waals surface area contributed by atoms with Gasteiger partial charge in [0.1, 0.15) is 17.8 Å². The van der Waals surface area contributed by atoms with Crippen LogP contribution in [0.25, 0.3) is 10.8 Å². The molecule has 0 aliphatic carbocycles. The van der Waals surface area contributed by atoms with Gasteiger partial charge in [-0.3, -0.25) is 9.59 Å². The van der Waals surface area contributed by atoms with E-state index >= 15 is 0 Å². The van der Waals surface area contributed by atoms with E-state index in [9.17, 15) is 9.59 Å². The Hall–Kier alpha value is -3.26. The van der Waals surface area contributed by atoms with Gasteiger partial charge in [-0.2, -0.15) is 0 Å². The number of ether oxygens (including phenoxy) is 3. The Morgan fingerprint density at radius 1 is 0.912 bits per heavy atom. The fourth-order valence-corrected chi connectivity index (χ4v) is 4.83. The van der Waals surface area contributed by atoms with Gasteiger partial charge in [0.05, 0.1) is 13.2 Å². The van der Waals surface area contributed by atoms with Crippen LogP contribution < -0.4 is 10.6 Å². The van der Waals surface area contributed by atoms with Crippen LogP contribution in [-0.4, -0.2) is 55.1 Å². The summed E-state index contributed by atoms with van der Waals surface area (Å²) >= 11 is 0. The van der Waals surface area contributed by atoms with Crippen molar-refractivity contribution in [3.63, 3.8) is 0 Å². The number of benzene rings is 3. The van der Waals surface area contributed by atoms with Gasteiger partial charge in [-0.25, -0.2) is 0 Å². The standard InChI is InChI=1S/C27H28N2O5/c1-26(2)33-23-22(15-28-25(31)21-14-8-12-18-9-6-7-13-20(18)21)32-17-27(23,34-26)16-29-24(30)19-10-4-3-5-11-19/h3-14,22-23H,15-17H2,1-2H3,(H,28,31)(H,29,30)/t22-,23-,27+/m1/s1. The van der Waals surface area contributed by atoms with Crippen LogP contribution in [0.15, 0.2) is 72.8 Å². The van der Waals surface area contributed by atoms with Crippen molar-refractivity contribution in [3.8, 4) is 0 Å². The molecule has 0 radical (unpaired) electrons. The average molecular weight is 461 g/mol. The van der Waals surface area contributed by atoms with Gasteiger partial charge in [0.2, 0.25) is 0 Å². The number of nitrogens with one attached hydrogen (secondary N) is 2. The molecule has 34 heavy (non-hydrogen) atoms. The molecule has 0 unspecified atom stereocenters. The minimum atomic E-state index is -0.831. The Morgan fingerprint density at radius 2 is 1.65 bits per heavy atom. The van der Waals surface area contributed by atoms with Crippen molar-refractivity contribution < 1.29 is 23.8 Å². The molecular weight excluding hydrogens is 432 g/mol. The predicted octanol–water partition coefficient (Wildman–Crippen LogP) is 3.29. The van der Waals surface area contributed by atoms with Crippen molar-refractivity contribution in [1.29, 1.82) is 0 Å². The van der Waals surface area contributed by atoms with Crippen molar-refractivity contribution >= 4 is 22.6 Å². The maximum absolute atomic E-state index is 13.0. The Kier molecular flexibility index (Phi) is 5.85. The summed E-state index contributed by atoms with van der Waals surface area (Å²) in [6.45, 7) is 4.45. The second-order valence-corrected chi connectivity index (χ2v) is 9.24. The predicted molar refractivity (Wildman–Crippen MR) is 128 cm³/mol. The van der Waals surface area contributed by atoms with Crippen LogP contribution in [0, 0.1) is 0 Å². The smallest absolute Gasteiger partial charge is 0.252 e. The Balaban J connectivity index is 1.27. The highest BCUT2D eigenvalue weighted by Gasteiger charge is 2.61. The molecule has 3 aromatic carbocycles. The van der Waals surface area contributed by atoms with Crippen molar-refractivity contribution in [2.75, 3.05) is 19.7 Å². The first-order chi connectivity index (χ1) is 16.4. The van der Waals surface area contributed by atoms with Gasteiger partial charge in [0, 0.05) is 17.7 Å². The van der Waals surface area contributed by atoms with Crippen LogP contribution in [0.2, 0.25) is 0 Å². The molecule has 0 spiro atoms. The number of rotatable bonds is 6. The first kappa shape index (κ1) is 22.5. The molecule has 3 atom stereocenters. The molecule has 0 bridgehead atoms. The summed E-state index contributed by atoms with van der Waals surface area (Å²) < 4.78 is 18.4. The molecule has 2 aliphatic heterocycles. The lowest BCUT2D eigenvalue weighted by Gasteiger charge is -2.27. The zero-order chi connectivity index (χ0) is 23.8. The maximum Gasteiger partial charge on any atom is 0.252 e. The summed E-state index contributed by atoms with van der Waals surface area (Å²) in [5, 5.41) is 7.86. The van der Waals surface area contributed by atoms with Crippen LogP contribution in [0.4, 0.5) is 0 Å². The lowest BCUT2D eigenvalue weighted by Crippen LogP contribution is -2.52. The Bertz CT molecular complexity index is 1210. The van der Waals surface area contributed by atoms with Gasteiger partial charge in [0.15, 0.2) is 5.79 Å². The average Bonchev–Trinajstić information content (AvgIpc) is 3.31. The minimum Gasteiger partial charge on any atom is -0.370 e. The molecule has 2 fully saturated rings. The first-order valence-corrected chi connectivity index (χ1v) is 11.5. The lowest BCUT2D eigenvalue weighted by molar-refractivity contribution is -0.188. The van der Waals surface area contributed by atoms with E-state index < -0.39 is 23.6 Å². The van der Waals surface area contributed by atoms with Crippen LogP contribution in [-0.2, 0) is 14.2 Å². The second-order valence-electron chi connectivity index (χ2n) is 9.24. The van der Waals surface area contributed by atoms with E-state index in [1.165, 1.54) is 0 Å². The number of hydrogen-bond donors (Lipinski definition) is 2. The highest BCUT2D eigenvalue weighted by atomic mass is 16.8. The van der Waals surface area contributed by atoms with Crippen molar-refractivity contribution in [2.45, 2.75) is 37.4 Å². The number of hydrogen-bond acceptors (Lipinski definition) is 5. The third kappa shape index (κ3) is 4.30. The topological polar surface area (TPSA) is 85.9 Å². The highest BCUT2D eigenvalue weighted by Crippen LogP contribution is 2.43. The van der Waals surface area contributed by atoms with Gasteiger partial charge in [0.25, 0.3) is 11.8 Å². The monoisotopic (exact) mass is 460 g/mol. The van der Waals surface area contributed by atoms with Crippen LogP contribution in [0.3, 0.4) is 0 Å². The third-order valence-electron chi connectivity index (χ3n) is 6.34. The Morgan fingerprint density at radius 3 is 2.47 bits per heavy atom. The van der Waals surface area contributed by atoms with Gasteiger partial charge >= 0.3 is 0 Å². The van der Waals surface area contributed by atoms with Crippen LogP contribution >= 0.6 is 0 Å². The molecule has 2 amide bonds. The van der Waals surface area contributed by atoms with Crippen molar-refractivity contribution in [3.05, 3.63) is 83.9 Å². The molecule has 2 aliphatic rings. The fraction of sp³-hybridized carbons (Fsp3) is 0.333. The summed E-state index contributed by atoms with van der Waals surface area (Å²) in [6, 6.07) is 22.5. The van der Waals surface area contributed by atoms with E-state index in [1.807, 2.05) is 74.5 Å². The maximum atomic E-state index is 13.0. The molecule has 7 nitrogen and oxygen atoms in total. The minimum absolute atomic E-state index is 0.173. The zero-order valence-corrected chi connectivity index (χ0v) is 19.2. The largest absolute Gasteiger partial charge is 0.370 e. The molecule has 0 aromatic heterocycles. The fourth-order valence-electron chi connectivity index (χ4n) is 4.83. The van der Waals surface area contributed by atoms with Gasteiger partial charge in [-0.05, 0) is 42.8 Å². The van der Waals surface area contributed by atoms with E-state index in [2.05, 4.69) is 10.6 Å². The molecule has 0 saturated carbocycles. The number of carbonyl (C=O) groups is 2. The molecule has 2 heterocycles. The quantitative estimate of drug-likeness (QED) is 0.590. The normalized spacial score (nSPS) is 25.1. The molecule has 176 valence electrons. The molecule has 5 rings (SSSR count). The van der Waals surface area contributed by atoms with Gasteiger partial charge in [-0.15, -0.1) is 0 Å².